The second-order valence-electron chi connectivity index (χ2n) is 4.04. The summed E-state index contributed by atoms with van der Waals surface area (Å²) in [5, 5.41) is 9.69. The predicted molar refractivity (Wildman–Crippen MR) is 53.8 cm³/mol. The Morgan fingerprint density at radius 1 is 1.50 bits per heavy atom. The lowest BCUT2D eigenvalue weighted by Crippen LogP contribution is -2.30. The topological polar surface area (TPSA) is 46.5 Å². The molecule has 3 heteroatoms. The summed E-state index contributed by atoms with van der Waals surface area (Å²) in [6.07, 6.45) is 3.31. The first-order valence-electron chi connectivity index (χ1n) is 5.53. The fraction of sp³-hybridized carbons (Fsp3) is 0.909. The lowest BCUT2D eigenvalue weighted by Gasteiger charge is -2.16. The van der Waals surface area contributed by atoms with Crippen LogP contribution in [0.2, 0.25) is 0 Å². The van der Waals surface area contributed by atoms with E-state index >= 15 is 0 Å². The first kappa shape index (κ1) is 11.5. The average molecular weight is 200 g/mol. The summed E-state index contributed by atoms with van der Waals surface area (Å²) in [5.74, 6) is 0.359. The summed E-state index contributed by atoms with van der Waals surface area (Å²) < 4.78 is 4.80. The fourth-order valence-electron chi connectivity index (χ4n) is 2.19. The SMILES string of the molecule is CCOC(=O)C(O)C1CCC(CC)C1. The summed E-state index contributed by atoms with van der Waals surface area (Å²) >= 11 is 0. The predicted octanol–water partition coefficient (Wildman–Crippen LogP) is 1.74. The zero-order chi connectivity index (χ0) is 10.6. The van der Waals surface area contributed by atoms with Gasteiger partial charge in [0.05, 0.1) is 6.61 Å². The quantitative estimate of drug-likeness (QED) is 0.703. The van der Waals surface area contributed by atoms with Crippen LogP contribution in [-0.4, -0.2) is 23.8 Å². The van der Waals surface area contributed by atoms with E-state index in [9.17, 15) is 9.90 Å². The molecule has 0 aromatic rings. The Hall–Kier alpha value is -0.570. The first-order valence-corrected chi connectivity index (χ1v) is 5.53. The minimum atomic E-state index is -0.897. The highest BCUT2D eigenvalue weighted by molar-refractivity contribution is 5.74. The second-order valence-corrected chi connectivity index (χ2v) is 4.04. The van der Waals surface area contributed by atoms with Crippen LogP contribution in [0.25, 0.3) is 0 Å². The fourth-order valence-corrected chi connectivity index (χ4v) is 2.19. The van der Waals surface area contributed by atoms with Gasteiger partial charge in [-0.1, -0.05) is 19.8 Å². The summed E-state index contributed by atoms with van der Waals surface area (Å²) in [7, 11) is 0. The minimum Gasteiger partial charge on any atom is -0.464 e. The van der Waals surface area contributed by atoms with Crippen LogP contribution in [-0.2, 0) is 9.53 Å². The molecule has 1 rings (SSSR count). The van der Waals surface area contributed by atoms with Crippen molar-refractivity contribution >= 4 is 5.97 Å². The molecule has 1 N–H and O–H groups in total. The molecule has 1 saturated carbocycles. The summed E-state index contributed by atoms with van der Waals surface area (Å²) in [6, 6.07) is 0. The van der Waals surface area contributed by atoms with Gasteiger partial charge in [0.1, 0.15) is 0 Å². The van der Waals surface area contributed by atoms with Crippen LogP contribution in [0.15, 0.2) is 0 Å². The van der Waals surface area contributed by atoms with Gasteiger partial charge in [0, 0.05) is 0 Å². The van der Waals surface area contributed by atoms with Crippen molar-refractivity contribution in [3.05, 3.63) is 0 Å². The van der Waals surface area contributed by atoms with E-state index in [1.165, 1.54) is 0 Å². The minimum absolute atomic E-state index is 0.124. The van der Waals surface area contributed by atoms with Gasteiger partial charge in [-0.2, -0.15) is 0 Å². The van der Waals surface area contributed by atoms with Crippen LogP contribution in [0, 0.1) is 11.8 Å². The Labute approximate surface area is 85.5 Å². The third kappa shape index (κ3) is 2.71. The molecule has 0 spiro atoms. The monoisotopic (exact) mass is 200 g/mol. The Balaban J connectivity index is 2.38. The van der Waals surface area contributed by atoms with Crippen molar-refractivity contribution in [1.82, 2.24) is 0 Å². The maximum Gasteiger partial charge on any atom is 0.335 e. The number of ether oxygens (including phenoxy) is 1. The van der Waals surface area contributed by atoms with Crippen LogP contribution in [0.3, 0.4) is 0 Å². The highest BCUT2D eigenvalue weighted by Crippen LogP contribution is 2.35. The number of hydrogen-bond donors (Lipinski definition) is 1. The molecule has 0 amide bonds. The van der Waals surface area contributed by atoms with Crippen LogP contribution in [0.1, 0.15) is 39.5 Å². The van der Waals surface area contributed by atoms with Crippen molar-refractivity contribution in [1.29, 1.82) is 0 Å². The molecule has 0 bridgehead atoms. The van der Waals surface area contributed by atoms with Gasteiger partial charge in [-0.05, 0) is 31.6 Å². The molecule has 0 aromatic heterocycles. The Morgan fingerprint density at radius 3 is 2.71 bits per heavy atom. The molecule has 0 heterocycles. The number of hydrogen-bond acceptors (Lipinski definition) is 3. The molecule has 0 aliphatic heterocycles. The number of esters is 1. The highest BCUT2D eigenvalue weighted by Gasteiger charge is 2.33. The molecule has 14 heavy (non-hydrogen) atoms. The van der Waals surface area contributed by atoms with E-state index in [2.05, 4.69) is 6.92 Å². The molecular weight excluding hydrogens is 180 g/mol. The Kier molecular flexibility index (Phi) is 4.39. The lowest BCUT2D eigenvalue weighted by molar-refractivity contribution is -0.156. The van der Waals surface area contributed by atoms with Crippen molar-refractivity contribution in [3.8, 4) is 0 Å². The molecule has 82 valence electrons. The largest absolute Gasteiger partial charge is 0.464 e. The zero-order valence-electron chi connectivity index (χ0n) is 9.03. The summed E-state index contributed by atoms with van der Waals surface area (Å²) in [6.45, 7) is 4.26. The van der Waals surface area contributed by atoms with Crippen molar-refractivity contribution in [3.63, 3.8) is 0 Å². The standard InChI is InChI=1S/C11H20O3/c1-3-8-5-6-9(7-8)10(12)11(13)14-4-2/h8-10,12H,3-7H2,1-2H3. The summed E-state index contributed by atoms with van der Waals surface area (Å²) in [4.78, 5) is 11.3. The molecule has 3 unspecified atom stereocenters. The molecule has 1 aliphatic carbocycles. The first-order chi connectivity index (χ1) is 6.69. The zero-order valence-corrected chi connectivity index (χ0v) is 9.03. The molecule has 3 nitrogen and oxygen atoms in total. The molecule has 0 radical (unpaired) electrons. The van der Waals surface area contributed by atoms with E-state index in [4.69, 9.17) is 4.74 Å². The molecule has 1 aliphatic rings. The average Bonchev–Trinajstić information content (AvgIpc) is 2.65. The van der Waals surface area contributed by atoms with Crippen molar-refractivity contribution in [2.75, 3.05) is 6.61 Å². The van der Waals surface area contributed by atoms with Gasteiger partial charge in [-0.15, -0.1) is 0 Å². The van der Waals surface area contributed by atoms with Gasteiger partial charge in [0.2, 0.25) is 0 Å². The van der Waals surface area contributed by atoms with E-state index in [1.807, 2.05) is 0 Å². The van der Waals surface area contributed by atoms with Gasteiger partial charge in [-0.3, -0.25) is 0 Å². The Morgan fingerprint density at radius 2 is 2.21 bits per heavy atom. The number of aliphatic hydroxyl groups excluding tert-OH is 1. The maximum absolute atomic E-state index is 11.3. The van der Waals surface area contributed by atoms with E-state index < -0.39 is 12.1 Å². The van der Waals surface area contributed by atoms with Crippen LogP contribution in [0.5, 0.6) is 0 Å². The number of carbonyl (C=O) groups excluding carboxylic acids is 1. The van der Waals surface area contributed by atoms with Gasteiger partial charge < -0.3 is 9.84 Å². The second kappa shape index (κ2) is 5.35. The molecular formula is C11H20O3. The van der Waals surface area contributed by atoms with Crippen LogP contribution in [0.4, 0.5) is 0 Å². The molecule has 0 aromatic carbocycles. The molecule has 0 saturated heterocycles. The van der Waals surface area contributed by atoms with Crippen molar-refractivity contribution in [2.24, 2.45) is 11.8 Å². The smallest absolute Gasteiger partial charge is 0.335 e. The Bertz CT molecular complexity index is 191. The normalized spacial score (nSPS) is 28.8. The van der Waals surface area contributed by atoms with Gasteiger partial charge in [0.15, 0.2) is 6.10 Å². The van der Waals surface area contributed by atoms with Crippen LogP contribution >= 0.6 is 0 Å². The molecule has 1 fully saturated rings. The summed E-state index contributed by atoms with van der Waals surface area (Å²) in [5.41, 5.74) is 0. The lowest BCUT2D eigenvalue weighted by atomic mass is 9.98. The van der Waals surface area contributed by atoms with E-state index in [0.717, 1.165) is 25.7 Å². The van der Waals surface area contributed by atoms with Crippen molar-refractivity contribution < 1.29 is 14.6 Å². The number of rotatable bonds is 4. The molecule has 3 atom stereocenters. The van der Waals surface area contributed by atoms with Gasteiger partial charge in [0.25, 0.3) is 0 Å². The van der Waals surface area contributed by atoms with E-state index in [1.54, 1.807) is 6.92 Å². The van der Waals surface area contributed by atoms with Gasteiger partial charge in [-0.25, -0.2) is 4.79 Å². The third-order valence-electron chi connectivity index (χ3n) is 3.13. The van der Waals surface area contributed by atoms with Gasteiger partial charge >= 0.3 is 5.97 Å². The maximum atomic E-state index is 11.3. The van der Waals surface area contributed by atoms with Crippen molar-refractivity contribution in [2.45, 2.75) is 45.6 Å². The number of aliphatic hydroxyl groups is 1. The van der Waals surface area contributed by atoms with E-state index in [-0.39, 0.29) is 5.92 Å². The highest BCUT2D eigenvalue weighted by atomic mass is 16.5. The van der Waals surface area contributed by atoms with E-state index in [0.29, 0.717) is 12.5 Å². The van der Waals surface area contributed by atoms with Crippen LogP contribution < -0.4 is 0 Å². The number of carbonyl (C=O) groups is 1. The third-order valence-corrected chi connectivity index (χ3v) is 3.13.